The summed E-state index contributed by atoms with van der Waals surface area (Å²) in [5.74, 6) is 0.998. The molecule has 7 heteroatoms. The van der Waals surface area contributed by atoms with E-state index in [-0.39, 0.29) is 24.3 Å². The molecule has 0 unspecified atom stereocenters. The minimum Gasteiger partial charge on any atom is -0.353 e. The first-order chi connectivity index (χ1) is 12.7. The van der Waals surface area contributed by atoms with Gasteiger partial charge in [-0.25, -0.2) is 4.98 Å². The molecule has 0 aromatic carbocycles. The van der Waals surface area contributed by atoms with Gasteiger partial charge in [0.25, 0.3) is 0 Å². The van der Waals surface area contributed by atoms with Crippen LogP contribution >= 0.6 is 0 Å². The van der Waals surface area contributed by atoms with Gasteiger partial charge in [0.2, 0.25) is 11.8 Å². The maximum atomic E-state index is 12.7. The molecule has 2 amide bonds. The number of rotatable bonds is 3. The Labute approximate surface area is 154 Å². The Morgan fingerprint density at radius 2 is 1.88 bits per heavy atom. The molecule has 3 heterocycles. The monoisotopic (exact) mass is 357 g/mol. The molecule has 7 nitrogen and oxygen atoms in total. The van der Waals surface area contributed by atoms with E-state index in [2.05, 4.69) is 20.5 Å². The van der Waals surface area contributed by atoms with Crippen molar-refractivity contribution in [2.45, 2.75) is 50.2 Å². The summed E-state index contributed by atoms with van der Waals surface area (Å²) in [5.41, 5.74) is 0. The van der Waals surface area contributed by atoms with Gasteiger partial charge >= 0.3 is 0 Å². The Bertz CT molecular complexity index is 645. The van der Waals surface area contributed by atoms with Gasteiger partial charge < -0.3 is 20.4 Å². The molecule has 0 bridgehead atoms. The van der Waals surface area contributed by atoms with Gasteiger partial charge in [-0.3, -0.25) is 9.59 Å². The zero-order valence-electron chi connectivity index (χ0n) is 15.1. The number of carbonyl (C=O) groups is 2. The molecule has 4 rings (SSSR count). The van der Waals surface area contributed by atoms with Gasteiger partial charge in [-0.1, -0.05) is 18.9 Å². The van der Waals surface area contributed by atoms with Crippen LogP contribution < -0.4 is 15.5 Å². The predicted octanol–water partition coefficient (Wildman–Crippen LogP) is 0.520. The van der Waals surface area contributed by atoms with Gasteiger partial charge in [-0.2, -0.15) is 0 Å². The van der Waals surface area contributed by atoms with Crippen molar-refractivity contribution in [3.8, 4) is 0 Å². The largest absolute Gasteiger partial charge is 0.353 e. The van der Waals surface area contributed by atoms with Crippen molar-refractivity contribution < 1.29 is 9.59 Å². The summed E-state index contributed by atoms with van der Waals surface area (Å²) in [4.78, 5) is 33.5. The highest BCUT2D eigenvalue weighted by Gasteiger charge is 2.37. The Morgan fingerprint density at radius 1 is 1.12 bits per heavy atom. The van der Waals surface area contributed by atoms with E-state index in [0.29, 0.717) is 19.1 Å². The summed E-state index contributed by atoms with van der Waals surface area (Å²) in [6, 6.07) is 6.04. The van der Waals surface area contributed by atoms with Crippen LogP contribution in [-0.4, -0.2) is 66.0 Å². The van der Waals surface area contributed by atoms with Crippen molar-refractivity contribution in [2.75, 3.05) is 31.1 Å². The zero-order valence-corrected chi connectivity index (χ0v) is 15.1. The molecule has 2 saturated heterocycles. The summed E-state index contributed by atoms with van der Waals surface area (Å²) >= 11 is 0. The Balaban J connectivity index is 1.29. The number of carbonyl (C=O) groups excluding carboxylic acids is 2. The molecule has 1 saturated carbocycles. The van der Waals surface area contributed by atoms with Gasteiger partial charge in [-0.05, 0) is 25.0 Å². The van der Waals surface area contributed by atoms with Gasteiger partial charge in [0.05, 0.1) is 12.5 Å². The molecular weight excluding hydrogens is 330 g/mol. The van der Waals surface area contributed by atoms with E-state index in [0.717, 1.165) is 31.7 Å². The van der Waals surface area contributed by atoms with Crippen LogP contribution in [0.15, 0.2) is 24.4 Å². The number of nitrogens with zero attached hydrogens (tertiary/aromatic N) is 3. The van der Waals surface area contributed by atoms with E-state index in [1.807, 2.05) is 23.1 Å². The molecule has 140 valence electrons. The number of pyridine rings is 1. The standard InChI is InChI=1S/C19H27N5O2/c25-18(13-16-19(26)22-15-6-2-1-5-14(15)21-16)24-11-9-23(10-12-24)17-7-3-4-8-20-17/h3-4,7-8,14-16,21H,1-2,5-6,9-13H2,(H,22,26)/t14-,15+,16-/m0/s1. The van der Waals surface area contributed by atoms with Crippen LogP contribution in [0.25, 0.3) is 0 Å². The summed E-state index contributed by atoms with van der Waals surface area (Å²) in [6.07, 6.45) is 6.53. The van der Waals surface area contributed by atoms with Crippen LogP contribution in [0.4, 0.5) is 5.82 Å². The molecule has 2 N–H and O–H groups in total. The molecule has 1 aromatic heterocycles. The average Bonchev–Trinajstić information content (AvgIpc) is 2.69. The Morgan fingerprint density at radius 3 is 2.62 bits per heavy atom. The second-order valence-electron chi connectivity index (χ2n) is 7.49. The molecule has 3 aliphatic rings. The highest BCUT2D eigenvalue weighted by molar-refractivity contribution is 5.89. The van der Waals surface area contributed by atoms with E-state index in [4.69, 9.17) is 0 Å². The molecule has 0 radical (unpaired) electrons. The number of piperazine rings is 2. The predicted molar refractivity (Wildman–Crippen MR) is 98.8 cm³/mol. The van der Waals surface area contributed by atoms with Gasteiger partial charge in [0.15, 0.2) is 0 Å². The quantitative estimate of drug-likeness (QED) is 0.825. The fourth-order valence-corrected chi connectivity index (χ4v) is 4.30. The lowest BCUT2D eigenvalue weighted by molar-refractivity contribution is -0.136. The molecule has 0 spiro atoms. The van der Waals surface area contributed by atoms with Crippen molar-refractivity contribution >= 4 is 17.6 Å². The highest BCUT2D eigenvalue weighted by atomic mass is 16.2. The van der Waals surface area contributed by atoms with Gasteiger partial charge in [0, 0.05) is 44.5 Å². The lowest BCUT2D eigenvalue weighted by Crippen LogP contribution is -2.65. The Hall–Kier alpha value is -2.15. The highest BCUT2D eigenvalue weighted by Crippen LogP contribution is 2.22. The van der Waals surface area contributed by atoms with Crippen molar-refractivity contribution in [1.29, 1.82) is 0 Å². The topological polar surface area (TPSA) is 77.6 Å². The van der Waals surface area contributed by atoms with E-state index in [1.165, 1.54) is 12.8 Å². The summed E-state index contributed by atoms with van der Waals surface area (Å²) in [5, 5.41) is 6.55. The van der Waals surface area contributed by atoms with Gasteiger partial charge in [0.1, 0.15) is 5.82 Å². The number of hydrogen-bond acceptors (Lipinski definition) is 5. The van der Waals surface area contributed by atoms with Crippen molar-refractivity contribution in [1.82, 2.24) is 20.5 Å². The third-order valence-electron chi connectivity index (χ3n) is 5.81. The second-order valence-corrected chi connectivity index (χ2v) is 7.49. The molecular formula is C19H27N5O2. The average molecular weight is 357 g/mol. The number of nitrogens with one attached hydrogen (secondary N) is 2. The first-order valence-electron chi connectivity index (χ1n) is 9.71. The number of aromatic nitrogens is 1. The van der Waals surface area contributed by atoms with Crippen LogP contribution in [0.5, 0.6) is 0 Å². The molecule has 3 atom stereocenters. The first-order valence-corrected chi connectivity index (χ1v) is 9.71. The molecule has 1 aliphatic carbocycles. The van der Waals surface area contributed by atoms with Crippen molar-refractivity contribution in [3.05, 3.63) is 24.4 Å². The lowest BCUT2D eigenvalue weighted by Gasteiger charge is -2.41. The second kappa shape index (κ2) is 7.61. The number of fused-ring (bicyclic) bond motifs is 1. The fourth-order valence-electron chi connectivity index (χ4n) is 4.30. The lowest BCUT2D eigenvalue weighted by atomic mass is 9.87. The normalized spacial score (nSPS) is 29.1. The van der Waals surface area contributed by atoms with E-state index < -0.39 is 6.04 Å². The van der Waals surface area contributed by atoms with Crippen LogP contribution in [-0.2, 0) is 9.59 Å². The van der Waals surface area contributed by atoms with Crippen LogP contribution in [0.2, 0.25) is 0 Å². The first kappa shape index (κ1) is 17.3. The maximum absolute atomic E-state index is 12.7. The van der Waals surface area contributed by atoms with Crippen LogP contribution in [0.3, 0.4) is 0 Å². The number of hydrogen-bond donors (Lipinski definition) is 2. The van der Waals surface area contributed by atoms with Crippen LogP contribution in [0.1, 0.15) is 32.1 Å². The Kier molecular flexibility index (Phi) is 5.06. The smallest absolute Gasteiger partial charge is 0.237 e. The minimum absolute atomic E-state index is 0.0198. The third kappa shape index (κ3) is 3.67. The van der Waals surface area contributed by atoms with Gasteiger partial charge in [-0.15, -0.1) is 0 Å². The third-order valence-corrected chi connectivity index (χ3v) is 5.81. The number of amides is 2. The SMILES string of the molecule is O=C1N[C@@H]2CCCC[C@@H]2N[C@H]1CC(=O)N1CCN(c2ccccn2)CC1. The summed E-state index contributed by atoms with van der Waals surface area (Å²) in [7, 11) is 0. The molecule has 26 heavy (non-hydrogen) atoms. The van der Waals surface area contributed by atoms with E-state index in [9.17, 15) is 9.59 Å². The van der Waals surface area contributed by atoms with Crippen molar-refractivity contribution in [3.63, 3.8) is 0 Å². The van der Waals surface area contributed by atoms with Crippen LogP contribution in [0, 0.1) is 0 Å². The zero-order chi connectivity index (χ0) is 17.9. The van der Waals surface area contributed by atoms with Crippen molar-refractivity contribution in [2.24, 2.45) is 0 Å². The maximum Gasteiger partial charge on any atom is 0.237 e. The summed E-state index contributed by atoms with van der Waals surface area (Å²) < 4.78 is 0. The summed E-state index contributed by atoms with van der Waals surface area (Å²) in [6.45, 7) is 2.90. The molecule has 2 aliphatic heterocycles. The number of anilines is 1. The van der Waals surface area contributed by atoms with E-state index in [1.54, 1.807) is 6.20 Å². The minimum atomic E-state index is -0.393. The fraction of sp³-hybridized carbons (Fsp3) is 0.632. The molecule has 1 aromatic rings. The van der Waals surface area contributed by atoms with E-state index >= 15 is 0 Å². The molecule has 3 fully saturated rings.